The number of nitrogens with two attached hydrogens (primary N) is 1. The van der Waals surface area contributed by atoms with Gasteiger partial charge in [0.25, 0.3) is 5.88 Å². The zero-order chi connectivity index (χ0) is 10.1. The van der Waals surface area contributed by atoms with E-state index < -0.39 is 0 Å². The molecule has 6 heteroatoms. The van der Waals surface area contributed by atoms with E-state index in [0.29, 0.717) is 29.8 Å². The molecule has 6 nitrogen and oxygen atoms in total. The SMILES string of the molecule is CCOc1nc(N)cn2nc(C)nc12. The number of nitrogen functional groups attached to an aromatic ring is 1. The molecule has 0 amide bonds. The summed E-state index contributed by atoms with van der Waals surface area (Å²) in [6, 6.07) is 0. The Bertz CT molecular complexity index is 464. The lowest BCUT2D eigenvalue weighted by Gasteiger charge is -2.03. The average molecular weight is 193 g/mol. The van der Waals surface area contributed by atoms with Crippen molar-refractivity contribution in [2.45, 2.75) is 13.8 Å². The van der Waals surface area contributed by atoms with Gasteiger partial charge in [-0.2, -0.15) is 10.1 Å². The van der Waals surface area contributed by atoms with Gasteiger partial charge in [0.1, 0.15) is 11.6 Å². The standard InChI is InChI=1S/C8H11N5O/c1-3-14-8-7-10-5(2)12-13(7)4-6(9)11-8/h4H,3,9H2,1-2H3. The molecule has 0 saturated carbocycles. The van der Waals surface area contributed by atoms with E-state index in [1.54, 1.807) is 17.6 Å². The van der Waals surface area contributed by atoms with Crippen molar-refractivity contribution < 1.29 is 4.74 Å². The number of fused-ring (bicyclic) bond motifs is 1. The molecule has 2 aromatic rings. The zero-order valence-corrected chi connectivity index (χ0v) is 8.06. The van der Waals surface area contributed by atoms with Gasteiger partial charge in [0, 0.05) is 0 Å². The molecule has 0 atom stereocenters. The van der Waals surface area contributed by atoms with E-state index >= 15 is 0 Å². The Kier molecular flexibility index (Phi) is 1.95. The molecular weight excluding hydrogens is 182 g/mol. The molecule has 2 aromatic heterocycles. The van der Waals surface area contributed by atoms with Gasteiger partial charge < -0.3 is 10.5 Å². The molecule has 14 heavy (non-hydrogen) atoms. The van der Waals surface area contributed by atoms with E-state index in [-0.39, 0.29) is 0 Å². The highest BCUT2D eigenvalue weighted by Gasteiger charge is 2.09. The lowest BCUT2D eigenvalue weighted by atomic mass is 10.6. The quantitative estimate of drug-likeness (QED) is 0.747. The van der Waals surface area contributed by atoms with Crippen molar-refractivity contribution in [1.29, 1.82) is 0 Å². The van der Waals surface area contributed by atoms with Crippen molar-refractivity contribution in [2.75, 3.05) is 12.3 Å². The first kappa shape index (κ1) is 8.74. The third kappa shape index (κ3) is 1.34. The molecule has 0 aliphatic carbocycles. The second-order valence-electron chi connectivity index (χ2n) is 2.83. The summed E-state index contributed by atoms with van der Waals surface area (Å²) in [4.78, 5) is 8.22. The fraction of sp³-hybridized carbons (Fsp3) is 0.375. The van der Waals surface area contributed by atoms with Crippen LogP contribution in [-0.4, -0.2) is 26.2 Å². The second kappa shape index (κ2) is 3.13. The molecule has 2 heterocycles. The lowest BCUT2D eigenvalue weighted by Crippen LogP contribution is -2.02. The first-order valence-electron chi connectivity index (χ1n) is 4.33. The van der Waals surface area contributed by atoms with E-state index in [9.17, 15) is 0 Å². The van der Waals surface area contributed by atoms with Crippen molar-refractivity contribution in [3.8, 4) is 5.88 Å². The molecular formula is C8H11N5O. The topological polar surface area (TPSA) is 78.3 Å². The fourth-order valence-electron chi connectivity index (χ4n) is 1.22. The molecule has 0 aliphatic heterocycles. The van der Waals surface area contributed by atoms with Gasteiger partial charge in [0.15, 0.2) is 0 Å². The van der Waals surface area contributed by atoms with Crippen LogP contribution < -0.4 is 10.5 Å². The number of anilines is 1. The van der Waals surface area contributed by atoms with Crippen LogP contribution in [-0.2, 0) is 0 Å². The summed E-state index contributed by atoms with van der Waals surface area (Å²) in [5.41, 5.74) is 6.18. The summed E-state index contributed by atoms with van der Waals surface area (Å²) in [7, 11) is 0. The maximum absolute atomic E-state index is 5.58. The van der Waals surface area contributed by atoms with Gasteiger partial charge in [-0.1, -0.05) is 0 Å². The zero-order valence-electron chi connectivity index (χ0n) is 8.06. The minimum atomic E-state index is 0.367. The third-order valence-corrected chi connectivity index (χ3v) is 1.69. The molecule has 0 saturated heterocycles. The van der Waals surface area contributed by atoms with Gasteiger partial charge in [-0.05, 0) is 13.8 Å². The Morgan fingerprint density at radius 1 is 1.50 bits per heavy atom. The Hall–Kier alpha value is -1.85. The summed E-state index contributed by atoms with van der Waals surface area (Å²) in [5, 5.41) is 4.12. The van der Waals surface area contributed by atoms with Crippen molar-refractivity contribution in [3.05, 3.63) is 12.0 Å². The van der Waals surface area contributed by atoms with Gasteiger partial charge >= 0.3 is 0 Å². The van der Waals surface area contributed by atoms with Crippen LogP contribution in [0, 0.1) is 6.92 Å². The van der Waals surface area contributed by atoms with E-state index in [1.807, 2.05) is 6.92 Å². The van der Waals surface area contributed by atoms with Gasteiger partial charge in [-0.3, -0.25) is 0 Å². The third-order valence-electron chi connectivity index (χ3n) is 1.69. The number of ether oxygens (including phenoxy) is 1. The molecule has 0 fully saturated rings. The van der Waals surface area contributed by atoms with Gasteiger partial charge in [0.05, 0.1) is 12.8 Å². The number of rotatable bonds is 2. The smallest absolute Gasteiger partial charge is 0.261 e. The molecule has 0 aliphatic rings. The van der Waals surface area contributed by atoms with Crippen LogP contribution in [0.5, 0.6) is 5.88 Å². The Morgan fingerprint density at radius 3 is 3.00 bits per heavy atom. The highest BCUT2D eigenvalue weighted by molar-refractivity contribution is 5.51. The van der Waals surface area contributed by atoms with Crippen LogP contribution in [0.1, 0.15) is 12.7 Å². The maximum Gasteiger partial charge on any atom is 0.261 e. The molecule has 2 rings (SSSR count). The van der Waals surface area contributed by atoms with Gasteiger partial charge in [-0.15, -0.1) is 0 Å². The number of hydrogen-bond donors (Lipinski definition) is 1. The monoisotopic (exact) mass is 193 g/mol. The van der Waals surface area contributed by atoms with Crippen molar-refractivity contribution >= 4 is 11.5 Å². The Morgan fingerprint density at radius 2 is 2.29 bits per heavy atom. The van der Waals surface area contributed by atoms with E-state index in [1.165, 1.54) is 0 Å². The summed E-state index contributed by atoms with van der Waals surface area (Å²) >= 11 is 0. The number of hydrogen-bond acceptors (Lipinski definition) is 5. The van der Waals surface area contributed by atoms with Crippen LogP contribution in [0.15, 0.2) is 6.20 Å². The summed E-state index contributed by atoms with van der Waals surface area (Å²) in [6.45, 7) is 4.21. The van der Waals surface area contributed by atoms with E-state index in [0.717, 1.165) is 0 Å². The summed E-state index contributed by atoms with van der Waals surface area (Å²) in [5.74, 6) is 1.46. The molecule has 0 spiro atoms. The highest BCUT2D eigenvalue weighted by atomic mass is 16.5. The molecule has 0 aromatic carbocycles. The Balaban J connectivity index is 2.66. The van der Waals surface area contributed by atoms with Crippen LogP contribution in [0.3, 0.4) is 0 Å². The maximum atomic E-state index is 5.58. The van der Waals surface area contributed by atoms with Crippen LogP contribution in [0.25, 0.3) is 5.65 Å². The number of aromatic nitrogens is 4. The first-order valence-corrected chi connectivity index (χ1v) is 4.33. The molecule has 74 valence electrons. The van der Waals surface area contributed by atoms with Crippen molar-refractivity contribution in [3.63, 3.8) is 0 Å². The van der Waals surface area contributed by atoms with Crippen LogP contribution >= 0.6 is 0 Å². The van der Waals surface area contributed by atoms with Gasteiger partial charge in [-0.25, -0.2) is 9.50 Å². The summed E-state index contributed by atoms with van der Waals surface area (Å²) in [6.07, 6.45) is 1.61. The molecule has 0 bridgehead atoms. The normalized spacial score (nSPS) is 10.7. The second-order valence-corrected chi connectivity index (χ2v) is 2.83. The lowest BCUT2D eigenvalue weighted by molar-refractivity contribution is 0.329. The molecule has 0 unspecified atom stereocenters. The largest absolute Gasteiger partial charge is 0.475 e. The van der Waals surface area contributed by atoms with Crippen LogP contribution in [0.4, 0.5) is 5.82 Å². The first-order chi connectivity index (χ1) is 6.70. The molecule has 2 N–H and O–H groups in total. The number of aryl methyl sites for hydroxylation is 1. The predicted octanol–water partition coefficient (Wildman–Crippen LogP) is 0.414. The minimum Gasteiger partial charge on any atom is -0.475 e. The highest BCUT2D eigenvalue weighted by Crippen LogP contribution is 2.16. The summed E-state index contributed by atoms with van der Waals surface area (Å²) < 4.78 is 6.87. The average Bonchev–Trinajstić information content (AvgIpc) is 2.45. The Labute approximate surface area is 80.7 Å². The van der Waals surface area contributed by atoms with Gasteiger partial charge in [0.2, 0.25) is 5.65 Å². The minimum absolute atomic E-state index is 0.367. The fourth-order valence-corrected chi connectivity index (χ4v) is 1.22. The van der Waals surface area contributed by atoms with Crippen LogP contribution in [0.2, 0.25) is 0 Å². The predicted molar refractivity (Wildman–Crippen MR) is 51.1 cm³/mol. The molecule has 0 radical (unpaired) electrons. The number of nitrogens with zero attached hydrogens (tertiary/aromatic N) is 4. The van der Waals surface area contributed by atoms with E-state index in [2.05, 4.69) is 15.1 Å². The van der Waals surface area contributed by atoms with E-state index in [4.69, 9.17) is 10.5 Å². The van der Waals surface area contributed by atoms with Crippen molar-refractivity contribution in [1.82, 2.24) is 19.6 Å². The van der Waals surface area contributed by atoms with Crippen molar-refractivity contribution in [2.24, 2.45) is 0 Å².